The van der Waals surface area contributed by atoms with E-state index in [2.05, 4.69) is 15.3 Å². The Hall–Kier alpha value is -2.15. The molecule has 3 rings (SSSR count). The number of benzene rings is 1. The van der Waals surface area contributed by atoms with Gasteiger partial charge < -0.3 is 10.5 Å². The molecule has 2 aromatic heterocycles. The van der Waals surface area contributed by atoms with Crippen LogP contribution in [0.3, 0.4) is 0 Å². The highest BCUT2D eigenvalue weighted by atomic mass is 32.1. The second-order valence-corrected chi connectivity index (χ2v) is 5.25. The summed E-state index contributed by atoms with van der Waals surface area (Å²) in [6.45, 7) is 4.35. The maximum Gasteiger partial charge on any atom is 0.236 e. The van der Waals surface area contributed by atoms with E-state index in [-0.39, 0.29) is 0 Å². The first kappa shape index (κ1) is 11.9. The summed E-state index contributed by atoms with van der Waals surface area (Å²) in [5.74, 6) is 1.52. The van der Waals surface area contributed by atoms with E-state index in [1.54, 1.807) is 4.52 Å². The Bertz CT molecular complexity index is 713. The third-order valence-electron chi connectivity index (χ3n) is 2.83. The highest BCUT2D eigenvalue weighted by Gasteiger charge is 2.12. The van der Waals surface area contributed by atoms with Gasteiger partial charge in [-0.2, -0.15) is 4.52 Å². The minimum atomic E-state index is 0.316. The van der Waals surface area contributed by atoms with Crippen LogP contribution in [0.25, 0.3) is 4.96 Å². The number of nitrogens with two attached hydrogens (primary N) is 1. The summed E-state index contributed by atoms with van der Waals surface area (Å²) in [5.41, 5.74) is 7.83. The van der Waals surface area contributed by atoms with Gasteiger partial charge >= 0.3 is 0 Å². The highest BCUT2D eigenvalue weighted by molar-refractivity contribution is 7.20. The van der Waals surface area contributed by atoms with E-state index in [9.17, 15) is 0 Å². The maximum atomic E-state index is 5.83. The van der Waals surface area contributed by atoms with Gasteiger partial charge in [0.15, 0.2) is 5.82 Å². The number of para-hydroxylation sites is 1. The van der Waals surface area contributed by atoms with Crippen LogP contribution in [0.5, 0.6) is 5.75 Å². The lowest BCUT2D eigenvalue weighted by atomic mass is 10.1. The Morgan fingerprint density at radius 2 is 2.00 bits per heavy atom. The van der Waals surface area contributed by atoms with Gasteiger partial charge in [-0.15, -0.1) is 15.3 Å². The van der Waals surface area contributed by atoms with E-state index in [1.807, 2.05) is 32.0 Å². The van der Waals surface area contributed by atoms with Crippen molar-refractivity contribution in [2.45, 2.75) is 20.5 Å². The normalized spacial score (nSPS) is 11.1. The molecule has 19 heavy (non-hydrogen) atoms. The summed E-state index contributed by atoms with van der Waals surface area (Å²) in [6, 6.07) is 6.04. The molecule has 98 valence electrons. The fraction of sp³-hybridized carbons (Fsp3) is 0.250. The predicted octanol–water partition coefficient (Wildman–Crippen LogP) is 1.96. The summed E-state index contributed by atoms with van der Waals surface area (Å²) in [5, 5.41) is 12.7. The molecule has 0 atom stereocenters. The topological polar surface area (TPSA) is 78.3 Å². The van der Waals surface area contributed by atoms with Crippen LogP contribution in [0.1, 0.15) is 17.0 Å². The molecule has 0 amide bonds. The molecule has 0 aliphatic heterocycles. The lowest BCUT2D eigenvalue weighted by molar-refractivity contribution is 0.289. The zero-order chi connectivity index (χ0) is 13.4. The number of nitrogens with zero attached hydrogens (tertiary/aromatic N) is 4. The quantitative estimate of drug-likeness (QED) is 0.790. The molecule has 3 aromatic rings. The van der Waals surface area contributed by atoms with Crippen LogP contribution in [0.2, 0.25) is 0 Å². The van der Waals surface area contributed by atoms with Crippen LogP contribution in [-0.4, -0.2) is 19.8 Å². The monoisotopic (exact) mass is 275 g/mol. The number of fused-ring (bicyclic) bond motifs is 1. The second kappa shape index (κ2) is 4.51. The zero-order valence-corrected chi connectivity index (χ0v) is 11.4. The van der Waals surface area contributed by atoms with Crippen LogP contribution < -0.4 is 10.5 Å². The first-order valence-corrected chi connectivity index (χ1v) is 6.62. The van der Waals surface area contributed by atoms with Gasteiger partial charge in [0, 0.05) is 0 Å². The van der Waals surface area contributed by atoms with Gasteiger partial charge in [0.25, 0.3) is 0 Å². The Kier molecular flexibility index (Phi) is 2.83. The number of anilines is 1. The number of aryl methyl sites for hydroxylation is 2. The Balaban J connectivity index is 1.86. The maximum absolute atomic E-state index is 5.83. The molecular formula is C12H13N5OS. The molecule has 2 heterocycles. The predicted molar refractivity (Wildman–Crippen MR) is 73.3 cm³/mol. The van der Waals surface area contributed by atoms with Crippen LogP contribution >= 0.6 is 11.3 Å². The molecular weight excluding hydrogens is 262 g/mol. The average molecular weight is 275 g/mol. The second-order valence-electron chi connectivity index (χ2n) is 4.26. The van der Waals surface area contributed by atoms with Crippen molar-refractivity contribution >= 4 is 21.4 Å². The van der Waals surface area contributed by atoms with Crippen LogP contribution in [0, 0.1) is 13.8 Å². The number of hydrogen-bond acceptors (Lipinski definition) is 6. The van der Waals surface area contributed by atoms with Gasteiger partial charge in [-0.3, -0.25) is 0 Å². The van der Waals surface area contributed by atoms with E-state index in [4.69, 9.17) is 10.5 Å². The first-order chi connectivity index (χ1) is 9.15. The summed E-state index contributed by atoms with van der Waals surface area (Å²) >= 11 is 1.30. The fourth-order valence-corrected chi connectivity index (χ4v) is 2.55. The summed E-state index contributed by atoms with van der Waals surface area (Å²) in [6.07, 6.45) is 0. The third-order valence-corrected chi connectivity index (χ3v) is 3.55. The highest BCUT2D eigenvalue weighted by Crippen LogP contribution is 2.23. The Labute approximate surface area is 113 Å². The van der Waals surface area contributed by atoms with Gasteiger partial charge in [-0.1, -0.05) is 29.5 Å². The SMILES string of the molecule is Cc1cccc(C)c1OCc1nnc2sc(N)nn12. The molecule has 6 nitrogen and oxygen atoms in total. The van der Waals surface area contributed by atoms with E-state index in [0.29, 0.717) is 22.5 Å². The van der Waals surface area contributed by atoms with Crippen molar-refractivity contribution in [1.82, 2.24) is 19.8 Å². The van der Waals surface area contributed by atoms with Crippen LogP contribution in [0.4, 0.5) is 5.13 Å². The number of rotatable bonds is 3. The van der Waals surface area contributed by atoms with Crippen molar-refractivity contribution in [3.63, 3.8) is 0 Å². The Morgan fingerprint density at radius 3 is 2.74 bits per heavy atom. The minimum absolute atomic E-state index is 0.316. The lowest BCUT2D eigenvalue weighted by Crippen LogP contribution is -2.04. The third kappa shape index (κ3) is 2.12. The molecule has 0 saturated heterocycles. The molecule has 0 radical (unpaired) electrons. The van der Waals surface area contributed by atoms with Crippen molar-refractivity contribution in [3.8, 4) is 5.75 Å². The molecule has 0 fully saturated rings. The number of hydrogen-bond donors (Lipinski definition) is 1. The average Bonchev–Trinajstić information content (AvgIpc) is 2.88. The zero-order valence-electron chi connectivity index (χ0n) is 10.6. The molecule has 0 unspecified atom stereocenters. The summed E-state index contributed by atoms with van der Waals surface area (Å²) in [7, 11) is 0. The summed E-state index contributed by atoms with van der Waals surface area (Å²) in [4.78, 5) is 0.678. The van der Waals surface area contributed by atoms with Crippen molar-refractivity contribution < 1.29 is 4.74 Å². The van der Waals surface area contributed by atoms with Crippen LogP contribution in [0.15, 0.2) is 18.2 Å². The summed E-state index contributed by atoms with van der Waals surface area (Å²) < 4.78 is 7.45. The van der Waals surface area contributed by atoms with Gasteiger partial charge in [0.2, 0.25) is 10.1 Å². The lowest BCUT2D eigenvalue weighted by Gasteiger charge is -2.10. The van der Waals surface area contributed by atoms with E-state index in [1.165, 1.54) is 11.3 Å². The van der Waals surface area contributed by atoms with E-state index >= 15 is 0 Å². The number of aromatic nitrogens is 4. The van der Waals surface area contributed by atoms with Gasteiger partial charge in [0.05, 0.1) is 0 Å². The van der Waals surface area contributed by atoms with Crippen molar-refractivity contribution in [2.75, 3.05) is 5.73 Å². The molecule has 0 bridgehead atoms. The molecule has 0 spiro atoms. The van der Waals surface area contributed by atoms with E-state index < -0.39 is 0 Å². The minimum Gasteiger partial charge on any atom is -0.485 e. The van der Waals surface area contributed by atoms with Gasteiger partial charge in [-0.25, -0.2) is 0 Å². The molecule has 0 saturated carbocycles. The van der Waals surface area contributed by atoms with Gasteiger partial charge in [0.1, 0.15) is 12.4 Å². The molecule has 2 N–H and O–H groups in total. The molecule has 7 heteroatoms. The van der Waals surface area contributed by atoms with E-state index in [0.717, 1.165) is 16.9 Å². The van der Waals surface area contributed by atoms with Crippen LogP contribution in [-0.2, 0) is 6.61 Å². The smallest absolute Gasteiger partial charge is 0.236 e. The number of nitrogen functional groups attached to an aromatic ring is 1. The standard InChI is InChI=1S/C12H13N5OS/c1-7-4-3-5-8(2)10(7)18-6-9-14-15-12-17(9)16-11(13)19-12/h3-5H,6H2,1-2H3,(H2,13,16). The van der Waals surface area contributed by atoms with Gasteiger partial charge in [-0.05, 0) is 25.0 Å². The van der Waals surface area contributed by atoms with Crippen molar-refractivity contribution in [1.29, 1.82) is 0 Å². The first-order valence-electron chi connectivity index (χ1n) is 5.81. The largest absolute Gasteiger partial charge is 0.485 e. The van der Waals surface area contributed by atoms with Crippen molar-refractivity contribution in [2.24, 2.45) is 0 Å². The fourth-order valence-electron chi connectivity index (χ4n) is 1.93. The number of ether oxygens (including phenoxy) is 1. The molecule has 0 aliphatic rings. The van der Waals surface area contributed by atoms with Crippen molar-refractivity contribution in [3.05, 3.63) is 35.2 Å². The Morgan fingerprint density at radius 1 is 1.26 bits per heavy atom. The molecule has 1 aromatic carbocycles. The molecule has 0 aliphatic carbocycles.